The van der Waals surface area contributed by atoms with Crippen molar-refractivity contribution in [2.24, 2.45) is 5.92 Å². The number of aryl methyl sites for hydroxylation is 1. The van der Waals surface area contributed by atoms with E-state index in [0.717, 1.165) is 47.3 Å². The number of morpholine rings is 1. The van der Waals surface area contributed by atoms with Crippen molar-refractivity contribution in [3.8, 4) is 0 Å². The van der Waals surface area contributed by atoms with Crippen LogP contribution in [0.1, 0.15) is 30.7 Å². The van der Waals surface area contributed by atoms with E-state index in [1.165, 1.54) is 4.88 Å². The number of nitrogens with zero attached hydrogens (tertiary/aromatic N) is 3. The maximum atomic E-state index is 13.3. The van der Waals surface area contributed by atoms with Gasteiger partial charge in [0.2, 0.25) is 0 Å². The van der Waals surface area contributed by atoms with Crippen LogP contribution in [0.4, 0.5) is 0 Å². The number of esters is 1. The van der Waals surface area contributed by atoms with E-state index in [1.807, 2.05) is 0 Å². The summed E-state index contributed by atoms with van der Waals surface area (Å²) in [6, 6.07) is 0. The normalized spacial score (nSPS) is 19.7. The molecule has 0 N–H and O–H groups in total. The van der Waals surface area contributed by atoms with Gasteiger partial charge in [0.25, 0.3) is 5.56 Å². The van der Waals surface area contributed by atoms with E-state index in [4.69, 9.17) is 9.47 Å². The standard InChI is InChI=1S/C21H29N3O5S/c1-3-29-17(25)13-24-19(26)18-15-5-4-14(2)12-16(15)30-20(18)23(21(24)27)7-6-22-8-10-28-11-9-22/h14H,3-13H2,1-2H3. The van der Waals surface area contributed by atoms with Gasteiger partial charge in [0.05, 0.1) is 25.2 Å². The van der Waals surface area contributed by atoms with E-state index in [9.17, 15) is 14.4 Å². The van der Waals surface area contributed by atoms with Gasteiger partial charge in [-0.05, 0) is 37.7 Å². The van der Waals surface area contributed by atoms with Gasteiger partial charge in [0, 0.05) is 31.1 Å². The van der Waals surface area contributed by atoms with E-state index < -0.39 is 11.7 Å². The third kappa shape index (κ3) is 4.10. The zero-order valence-corrected chi connectivity index (χ0v) is 18.5. The molecule has 4 rings (SSSR count). The van der Waals surface area contributed by atoms with Gasteiger partial charge >= 0.3 is 11.7 Å². The van der Waals surface area contributed by atoms with Gasteiger partial charge in [-0.1, -0.05) is 6.92 Å². The van der Waals surface area contributed by atoms with Crippen LogP contribution in [0.3, 0.4) is 0 Å². The molecule has 9 heteroatoms. The molecule has 2 aromatic rings. The maximum absolute atomic E-state index is 13.3. The average molecular weight is 436 g/mol. The Bertz CT molecular complexity index is 1050. The van der Waals surface area contributed by atoms with Gasteiger partial charge < -0.3 is 9.47 Å². The van der Waals surface area contributed by atoms with Crippen molar-refractivity contribution in [3.63, 3.8) is 0 Å². The van der Waals surface area contributed by atoms with Gasteiger partial charge in [-0.2, -0.15) is 0 Å². The van der Waals surface area contributed by atoms with Crippen molar-refractivity contribution in [2.75, 3.05) is 39.5 Å². The number of hydrogen-bond donors (Lipinski definition) is 0. The van der Waals surface area contributed by atoms with Crippen LogP contribution < -0.4 is 11.2 Å². The van der Waals surface area contributed by atoms with Crippen LogP contribution in [-0.2, 0) is 40.2 Å². The van der Waals surface area contributed by atoms with Crippen molar-refractivity contribution in [2.45, 2.75) is 46.2 Å². The summed E-state index contributed by atoms with van der Waals surface area (Å²) in [7, 11) is 0. The molecule has 0 amide bonds. The summed E-state index contributed by atoms with van der Waals surface area (Å²) in [5.74, 6) is 0.00865. The van der Waals surface area contributed by atoms with E-state index in [1.54, 1.807) is 22.8 Å². The van der Waals surface area contributed by atoms with Gasteiger partial charge in [-0.25, -0.2) is 9.36 Å². The molecular formula is C21H29N3O5S. The first-order valence-corrected chi connectivity index (χ1v) is 11.5. The van der Waals surface area contributed by atoms with Crippen LogP contribution in [0.5, 0.6) is 0 Å². The number of carbonyl (C=O) groups excluding carboxylic acids is 1. The Hall–Kier alpha value is -1.97. The maximum Gasteiger partial charge on any atom is 0.332 e. The molecule has 30 heavy (non-hydrogen) atoms. The molecule has 164 valence electrons. The highest BCUT2D eigenvalue weighted by atomic mass is 32.1. The lowest BCUT2D eigenvalue weighted by Crippen LogP contribution is -2.44. The Morgan fingerprint density at radius 3 is 2.70 bits per heavy atom. The highest BCUT2D eigenvalue weighted by molar-refractivity contribution is 7.18. The molecule has 0 spiro atoms. The Labute approximate surface area is 179 Å². The first-order chi connectivity index (χ1) is 14.5. The smallest absolute Gasteiger partial charge is 0.332 e. The van der Waals surface area contributed by atoms with E-state index in [2.05, 4.69) is 11.8 Å². The summed E-state index contributed by atoms with van der Waals surface area (Å²) in [6.45, 7) is 8.03. The molecule has 0 bridgehead atoms. The molecule has 1 atom stereocenters. The molecule has 1 unspecified atom stereocenters. The molecule has 2 aromatic heterocycles. The van der Waals surface area contributed by atoms with Crippen LogP contribution in [0, 0.1) is 5.92 Å². The summed E-state index contributed by atoms with van der Waals surface area (Å²) in [5, 5.41) is 0.618. The van der Waals surface area contributed by atoms with Crippen LogP contribution in [0.15, 0.2) is 9.59 Å². The zero-order chi connectivity index (χ0) is 21.3. The number of hydrogen-bond acceptors (Lipinski definition) is 7. The topological polar surface area (TPSA) is 82.8 Å². The van der Waals surface area contributed by atoms with Crippen molar-refractivity contribution < 1.29 is 14.3 Å². The monoisotopic (exact) mass is 435 g/mol. The predicted octanol–water partition coefficient (Wildman–Crippen LogP) is 1.24. The van der Waals surface area contributed by atoms with Crippen molar-refractivity contribution in [3.05, 3.63) is 31.3 Å². The molecular weight excluding hydrogens is 406 g/mol. The lowest BCUT2D eigenvalue weighted by Gasteiger charge is -2.26. The first kappa shape index (κ1) is 21.3. The number of thiophene rings is 1. The Kier molecular flexibility index (Phi) is 6.40. The third-order valence-corrected chi connectivity index (χ3v) is 7.27. The second kappa shape index (κ2) is 9.03. The third-order valence-electron chi connectivity index (χ3n) is 6.00. The van der Waals surface area contributed by atoms with E-state index in [0.29, 0.717) is 37.6 Å². The fourth-order valence-electron chi connectivity index (χ4n) is 4.34. The van der Waals surface area contributed by atoms with Crippen LogP contribution in [0.2, 0.25) is 0 Å². The van der Waals surface area contributed by atoms with Gasteiger partial charge in [0.15, 0.2) is 0 Å². The molecule has 8 nitrogen and oxygen atoms in total. The van der Waals surface area contributed by atoms with Crippen LogP contribution in [-0.4, -0.2) is 59.5 Å². The summed E-state index contributed by atoms with van der Waals surface area (Å²) in [6.07, 6.45) is 2.81. The number of rotatable bonds is 6. The minimum absolute atomic E-state index is 0.215. The van der Waals surface area contributed by atoms with Crippen LogP contribution >= 0.6 is 11.3 Å². The molecule has 1 saturated heterocycles. The van der Waals surface area contributed by atoms with Gasteiger partial charge in [-0.3, -0.25) is 19.1 Å². The van der Waals surface area contributed by atoms with Gasteiger partial charge in [0.1, 0.15) is 11.4 Å². The highest BCUT2D eigenvalue weighted by Gasteiger charge is 2.26. The molecule has 0 radical (unpaired) electrons. The fraction of sp³-hybridized carbons (Fsp3) is 0.667. The number of aromatic nitrogens is 2. The highest BCUT2D eigenvalue weighted by Crippen LogP contribution is 2.36. The van der Waals surface area contributed by atoms with E-state index in [-0.39, 0.29) is 18.7 Å². The number of ether oxygens (including phenoxy) is 2. The first-order valence-electron chi connectivity index (χ1n) is 10.7. The molecule has 0 aromatic carbocycles. The Balaban J connectivity index is 1.79. The zero-order valence-electron chi connectivity index (χ0n) is 17.6. The van der Waals surface area contributed by atoms with Crippen LogP contribution in [0.25, 0.3) is 10.2 Å². The number of carbonyl (C=O) groups is 1. The molecule has 3 heterocycles. The summed E-state index contributed by atoms with van der Waals surface area (Å²) >= 11 is 1.57. The van der Waals surface area contributed by atoms with Crippen molar-refractivity contribution in [1.82, 2.24) is 14.0 Å². The second-order valence-corrected chi connectivity index (χ2v) is 9.20. The molecule has 0 saturated carbocycles. The minimum atomic E-state index is -0.562. The fourth-order valence-corrected chi connectivity index (χ4v) is 5.86. The largest absolute Gasteiger partial charge is 0.465 e. The number of fused-ring (bicyclic) bond motifs is 3. The lowest BCUT2D eigenvalue weighted by atomic mass is 9.89. The van der Waals surface area contributed by atoms with Gasteiger partial charge in [-0.15, -0.1) is 11.3 Å². The Morgan fingerprint density at radius 1 is 1.20 bits per heavy atom. The van der Waals surface area contributed by atoms with Crippen molar-refractivity contribution >= 4 is 27.5 Å². The molecule has 2 aliphatic rings. The van der Waals surface area contributed by atoms with Crippen molar-refractivity contribution in [1.29, 1.82) is 0 Å². The molecule has 1 fully saturated rings. The minimum Gasteiger partial charge on any atom is -0.465 e. The Morgan fingerprint density at radius 2 is 1.97 bits per heavy atom. The summed E-state index contributed by atoms with van der Waals surface area (Å²) in [4.78, 5) is 42.9. The SMILES string of the molecule is CCOC(=O)Cn1c(=O)c2c3c(sc2n(CCN2CCOCC2)c1=O)CC(C)CC3. The summed E-state index contributed by atoms with van der Waals surface area (Å²) < 4.78 is 13.2. The quantitative estimate of drug-likeness (QED) is 0.635. The molecule has 1 aliphatic heterocycles. The second-order valence-electron chi connectivity index (χ2n) is 8.12. The predicted molar refractivity (Wildman–Crippen MR) is 115 cm³/mol. The average Bonchev–Trinajstić information content (AvgIpc) is 3.10. The molecule has 1 aliphatic carbocycles. The summed E-state index contributed by atoms with van der Waals surface area (Å²) in [5.41, 5.74) is 0.272. The van der Waals surface area contributed by atoms with E-state index >= 15 is 0 Å². The lowest BCUT2D eigenvalue weighted by molar-refractivity contribution is -0.143.